The fourth-order valence-electron chi connectivity index (χ4n) is 1.98. The van der Waals surface area contributed by atoms with Gasteiger partial charge in [-0.1, -0.05) is 30.3 Å². The summed E-state index contributed by atoms with van der Waals surface area (Å²) in [6, 6.07) is 13.6. The molecule has 2 aromatic rings. The molecule has 1 heterocycles. The summed E-state index contributed by atoms with van der Waals surface area (Å²) in [4.78, 5) is 16.1. The van der Waals surface area contributed by atoms with Gasteiger partial charge in [-0.2, -0.15) is 12.6 Å². The van der Waals surface area contributed by atoms with E-state index in [2.05, 4.69) is 22.9 Å². The molecule has 0 spiro atoms. The molecule has 2 rings (SSSR count). The Kier molecular flexibility index (Phi) is 5.18. The number of benzene rings is 1. The molecule has 2 atom stereocenters. The topological polar surface area (TPSA) is 42.0 Å². The highest BCUT2D eigenvalue weighted by molar-refractivity contribution is 7.81. The summed E-state index contributed by atoms with van der Waals surface area (Å²) in [6.07, 6.45) is 4.07. The number of nitrogens with zero attached hydrogens (tertiary/aromatic N) is 1. The van der Waals surface area contributed by atoms with Crippen LogP contribution in [0, 0.1) is 0 Å². The van der Waals surface area contributed by atoms with Crippen molar-refractivity contribution in [3.05, 3.63) is 66.0 Å². The molecule has 0 aliphatic carbocycles. The van der Waals surface area contributed by atoms with Gasteiger partial charge in [0.25, 0.3) is 0 Å². The van der Waals surface area contributed by atoms with Gasteiger partial charge in [-0.25, -0.2) is 0 Å². The summed E-state index contributed by atoms with van der Waals surface area (Å²) in [6.45, 7) is 1.95. The lowest BCUT2D eigenvalue weighted by Crippen LogP contribution is -2.34. The lowest BCUT2D eigenvalue weighted by Gasteiger charge is -2.17. The van der Waals surface area contributed by atoms with Gasteiger partial charge in [0.15, 0.2) is 0 Å². The predicted molar refractivity (Wildman–Crippen MR) is 83.7 cm³/mol. The van der Waals surface area contributed by atoms with E-state index in [1.54, 1.807) is 12.4 Å². The number of aromatic nitrogens is 1. The number of nitrogens with one attached hydrogen (secondary N) is 1. The first-order chi connectivity index (χ1) is 9.66. The molecule has 0 aliphatic heterocycles. The number of rotatable bonds is 5. The molecule has 0 radical (unpaired) electrons. The summed E-state index contributed by atoms with van der Waals surface area (Å²) in [5.74, 6) is -0.0542. The third-order valence-electron chi connectivity index (χ3n) is 3.14. The Morgan fingerprint density at radius 2 is 1.85 bits per heavy atom. The smallest absolute Gasteiger partial charge is 0.233 e. The van der Waals surface area contributed by atoms with E-state index in [4.69, 9.17) is 0 Å². The second-order valence-electron chi connectivity index (χ2n) is 4.72. The van der Waals surface area contributed by atoms with Crippen molar-refractivity contribution in [1.82, 2.24) is 10.3 Å². The number of hydrogen-bond acceptors (Lipinski definition) is 3. The van der Waals surface area contributed by atoms with E-state index in [1.807, 2.05) is 49.4 Å². The standard InChI is InChI=1S/C16H18N2OS/c1-12(14-7-9-17-10-8-14)18-16(19)15(20)11-13-5-3-2-4-6-13/h2-10,12,15,20H,11H2,1H3,(H,18,19). The van der Waals surface area contributed by atoms with E-state index in [0.717, 1.165) is 11.1 Å². The normalized spacial score (nSPS) is 13.5. The fourth-order valence-corrected chi connectivity index (χ4v) is 2.26. The van der Waals surface area contributed by atoms with Crippen LogP contribution >= 0.6 is 12.6 Å². The van der Waals surface area contributed by atoms with Crippen molar-refractivity contribution in [2.75, 3.05) is 0 Å². The van der Waals surface area contributed by atoms with Crippen LogP contribution in [0.3, 0.4) is 0 Å². The van der Waals surface area contributed by atoms with Gasteiger partial charge >= 0.3 is 0 Å². The minimum Gasteiger partial charge on any atom is -0.349 e. The minimum atomic E-state index is -0.346. The van der Waals surface area contributed by atoms with Crippen LogP contribution in [0.5, 0.6) is 0 Å². The molecule has 0 bridgehead atoms. The molecule has 1 aromatic heterocycles. The molecule has 0 aliphatic rings. The first-order valence-electron chi connectivity index (χ1n) is 6.59. The molecule has 20 heavy (non-hydrogen) atoms. The molecule has 3 nitrogen and oxygen atoms in total. The van der Waals surface area contributed by atoms with Gasteiger partial charge in [-0.15, -0.1) is 0 Å². The van der Waals surface area contributed by atoms with Gasteiger partial charge in [0, 0.05) is 12.4 Å². The highest BCUT2D eigenvalue weighted by Gasteiger charge is 2.17. The summed E-state index contributed by atoms with van der Waals surface area (Å²) in [5, 5.41) is 2.63. The average Bonchev–Trinajstić information content (AvgIpc) is 2.49. The maximum absolute atomic E-state index is 12.1. The summed E-state index contributed by atoms with van der Waals surface area (Å²) >= 11 is 4.40. The Morgan fingerprint density at radius 3 is 2.50 bits per heavy atom. The van der Waals surface area contributed by atoms with E-state index in [9.17, 15) is 4.79 Å². The third kappa shape index (κ3) is 4.10. The second-order valence-corrected chi connectivity index (χ2v) is 5.34. The SMILES string of the molecule is CC(NC(=O)C(S)Cc1ccccc1)c1ccncc1. The largest absolute Gasteiger partial charge is 0.349 e. The maximum Gasteiger partial charge on any atom is 0.233 e. The third-order valence-corrected chi connectivity index (χ3v) is 3.56. The first-order valence-corrected chi connectivity index (χ1v) is 7.10. The van der Waals surface area contributed by atoms with Crippen LogP contribution in [-0.4, -0.2) is 16.1 Å². The number of amides is 1. The molecule has 1 aromatic carbocycles. The van der Waals surface area contributed by atoms with Gasteiger partial charge in [-0.05, 0) is 36.6 Å². The van der Waals surface area contributed by atoms with Crippen LogP contribution in [0.2, 0.25) is 0 Å². The van der Waals surface area contributed by atoms with Crippen LogP contribution in [0.4, 0.5) is 0 Å². The van der Waals surface area contributed by atoms with Crippen molar-refractivity contribution >= 4 is 18.5 Å². The summed E-state index contributed by atoms with van der Waals surface area (Å²) in [5.41, 5.74) is 2.15. The molecule has 4 heteroatoms. The van der Waals surface area contributed by atoms with Gasteiger partial charge in [0.2, 0.25) is 5.91 Å². The van der Waals surface area contributed by atoms with Crippen LogP contribution in [-0.2, 0) is 11.2 Å². The van der Waals surface area contributed by atoms with Gasteiger partial charge < -0.3 is 5.32 Å². The zero-order valence-corrected chi connectivity index (χ0v) is 12.3. The number of carbonyl (C=O) groups is 1. The lowest BCUT2D eigenvalue weighted by molar-refractivity contribution is -0.121. The van der Waals surface area contributed by atoms with Gasteiger partial charge in [-0.3, -0.25) is 9.78 Å². The van der Waals surface area contributed by atoms with Crippen molar-refractivity contribution in [3.8, 4) is 0 Å². The van der Waals surface area contributed by atoms with E-state index >= 15 is 0 Å². The van der Waals surface area contributed by atoms with Crippen molar-refractivity contribution in [3.63, 3.8) is 0 Å². The Bertz CT molecular complexity index is 545. The fraction of sp³-hybridized carbons (Fsp3) is 0.250. The molecule has 2 unspecified atom stereocenters. The van der Waals surface area contributed by atoms with Crippen LogP contribution < -0.4 is 5.32 Å². The summed E-state index contributed by atoms with van der Waals surface area (Å²) < 4.78 is 0. The monoisotopic (exact) mass is 286 g/mol. The molecule has 1 N–H and O–H groups in total. The van der Waals surface area contributed by atoms with E-state index in [-0.39, 0.29) is 17.2 Å². The minimum absolute atomic E-state index is 0.0454. The zero-order chi connectivity index (χ0) is 14.4. The maximum atomic E-state index is 12.1. The summed E-state index contributed by atoms with van der Waals surface area (Å²) in [7, 11) is 0. The highest BCUT2D eigenvalue weighted by Crippen LogP contribution is 2.13. The highest BCUT2D eigenvalue weighted by atomic mass is 32.1. The number of carbonyl (C=O) groups excluding carboxylic acids is 1. The van der Waals surface area contributed by atoms with Crippen LogP contribution in [0.25, 0.3) is 0 Å². The first kappa shape index (κ1) is 14.6. The Labute approximate surface area is 124 Å². The lowest BCUT2D eigenvalue weighted by atomic mass is 10.1. The average molecular weight is 286 g/mol. The molecular weight excluding hydrogens is 268 g/mol. The quantitative estimate of drug-likeness (QED) is 0.830. The molecule has 0 saturated carbocycles. The zero-order valence-electron chi connectivity index (χ0n) is 11.4. The van der Waals surface area contributed by atoms with Crippen molar-refractivity contribution in [1.29, 1.82) is 0 Å². The molecule has 104 valence electrons. The molecule has 1 amide bonds. The van der Waals surface area contributed by atoms with E-state index in [0.29, 0.717) is 6.42 Å². The Hall–Kier alpha value is -1.81. The van der Waals surface area contributed by atoms with Crippen molar-refractivity contribution < 1.29 is 4.79 Å². The van der Waals surface area contributed by atoms with E-state index in [1.165, 1.54) is 0 Å². The second kappa shape index (κ2) is 7.10. The van der Waals surface area contributed by atoms with Crippen LogP contribution in [0.1, 0.15) is 24.1 Å². The van der Waals surface area contributed by atoms with E-state index < -0.39 is 0 Å². The van der Waals surface area contributed by atoms with Crippen LogP contribution in [0.15, 0.2) is 54.9 Å². The Morgan fingerprint density at radius 1 is 1.20 bits per heavy atom. The predicted octanol–water partition coefficient (Wildman–Crippen LogP) is 2.80. The van der Waals surface area contributed by atoms with Crippen molar-refractivity contribution in [2.45, 2.75) is 24.6 Å². The van der Waals surface area contributed by atoms with Crippen molar-refractivity contribution in [2.24, 2.45) is 0 Å². The molecule has 0 saturated heterocycles. The van der Waals surface area contributed by atoms with Gasteiger partial charge in [0.05, 0.1) is 11.3 Å². The molecular formula is C16H18N2OS. The molecule has 0 fully saturated rings. The number of hydrogen-bond donors (Lipinski definition) is 2. The Balaban J connectivity index is 1.91. The number of thiol groups is 1. The van der Waals surface area contributed by atoms with Gasteiger partial charge in [0.1, 0.15) is 0 Å². The number of pyridine rings is 1.